The number of hydrogen-bond donors (Lipinski definition) is 2. The van der Waals surface area contributed by atoms with Crippen LogP contribution in [0.2, 0.25) is 10.0 Å². The number of halogens is 2. The van der Waals surface area contributed by atoms with Crippen LogP contribution >= 0.6 is 23.2 Å². The average molecular weight is 461 g/mol. The number of aromatic hydroxyl groups is 2. The lowest BCUT2D eigenvalue weighted by molar-refractivity contribution is 0.0222. The molecule has 0 saturated carbocycles. The van der Waals surface area contributed by atoms with Crippen molar-refractivity contribution in [1.82, 2.24) is 0 Å². The van der Waals surface area contributed by atoms with E-state index in [1.165, 1.54) is 26.4 Å². The van der Waals surface area contributed by atoms with Gasteiger partial charge in [-0.25, -0.2) is 4.79 Å². The molecule has 158 valence electrons. The van der Waals surface area contributed by atoms with E-state index in [4.69, 9.17) is 42.1 Å². The summed E-state index contributed by atoms with van der Waals surface area (Å²) in [4.78, 5) is 12.9. The fraction of sp³-hybridized carbons (Fsp3) is 0.136. The van der Waals surface area contributed by atoms with Crippen molar-refractivity contribution in [1.29, 1.82) is 0 Å². The normalized spacial score (nSPS) is 14.9. The molecule has 3 aromatic rings. The van der Waals surface area contributed by atoms with Gasteiger partial charge in [-0.2, -0.15) is 0 Å². The third-order valence-corrected chi connectivity index (χ3v) is 6.20. The van der Waals surface area contributed by atoms with E-state index in [-0.39, 0.29) is 44.5 Å². The van der Waals surface area contributed by atoms with Crippen molar-refractivity contribution in [2.75, 3.05) is 14.2 Å². The molecule has 0 fully saturated rings. The molecular formula is C22H14Cl2O7. The molecule has 1 spiro atoms. The summed E-state index contributed by atoms with van der Waals surface area (Å²) in [7, 11) is 2.74. The van der Waals surface area contributed by atoms with Gasteiger partial charge in [0.2, 0.25) is 0 Å². The van der Waals surface area contributed by atoms with Crippen LogP contribution in [0, 0.1) is 0 Å². The number of phenols is 2. The van der Waals surface area contributed by atoms with Gasteiger partial charge in [0.05, 0.1) is 30.9 Å². The largest absolute Gasteiger partial charge is 0.503 e. The van der Waals surface area contributed by atoms with E-state index in [0.717, 1.165) is 0 Å². The van der Waals surface area contributed by atoms with Crippen molar-refractivity contribution in [2.45, 2.75) is 5.60 Å². The molecular weight excluding hydrogens is 447 g/mol. The van der Waals surface area contributed by atoms with Crippen LogP contribution < -0.4 is 14.2 Å². The lowest BCUT2D eigenvalue weighted by Crippen LogP contribution is -2.33. The van der Waals surface area contributed by atoms with Gasteiger partial charge < -0.3 is 29.2 Å². The van der Waals surface area contributed by atoms with E-state index in [9.17, 15) is 15.0 Å². The first kappa shape index (κ1) is 19.7. The van der Waals surface area contributed by atoms with E-state index in [2.05, 4.69) is 0 Å². The third kappa shape index (κ3) is 2.38. The number of ether oxygens (including phenoxy) is 4. The van der Waals surface area contributed by atoms with Crippen molar-refractivity contribution in [2.24, 2.45) is 0 Å². The van der Waals surface area contributed by atoms with Crippen LogP contribution in [0.5, 0.6) is 34.5 Å². The van der Waals surface area contributed by atoms with Gasteiger partial charge in [-0.3, -0.25) is 0 Å². The molecule has 3 aromatic carbocycles. The molecule has 0 aliphatic carbocycles. The molecule has 9 heteroatoms. The minimum Gasteiger partial charge on any atom is -0.503 e. The zero-order valence-electron chi connectivity index (χ0n) is 16.2. The second-order valence-corrected chi connectivity index (χ2v) is 7.71. The number of fused-ring (bicyclic) bond motifs is 6. The Balaban J connectivity index is 1.97. The maximum atomic E-state index is 12.9. The summed E-state index contributed by atoms with van der Waals surface area (Å²) in [5.41, 5.74) is -0.0409. The van der Waals surface area contributed by atoms with Crippen molar-refractivity contribution < 1.29 is 34.0 Å². The van der Waals surface area contributed by atoms with Gasteiger partial charge in [-0.1, -0.05) is 41.4 Å². The number of carbonyl (C=O) groups is 1. The average Bonchev–Trinajstić information content (AvgIpc) is 3.07. The molecule has 0 aromatic heterocycles. The highest BCUT2D eigenvalue weighted by Crippen LogP contribution is 2.63. The monoisotopic (exact) mass is 460 g/mol. The summed E-state index contributed by atoms with van der Waals surface area (Å²) < 4.78 is 22.5. The number of phenolic OH excluding ortho intramolecular Hbond substituents is 2. The fourth-order valence-electron chi connectivity index (χ4n) is 4.10. The summed E-state index contributed by atoms with van der Waals surface area (Å²) in [6, 6.07) is 9.83. The number of rotatable bonds is 2. The summed E-state index contributed by atoms with van der Waals surface area (Å²) in [5, 5.41) is 20.6. The number of carbonyl (C=O) groups excluding carboxylic acids is 1. The highest BCUT2D eigenvalue weighted by atomic mass is 35.5. The van der Waals surface area contributed by atoms with E-state index >= 15 is 0 Å². The number of benzene rings is 3. The molecule has 0 atom stereocenters. The van der Waals surface area contributed by atoms with Crippen molar-refractivity contribution >= 4 is 29.2 Å². The summed E-state index contributed by atoms with van der Waals surface area (Å²) in [6.45, 7) is 0. The predicted molar refractivity (Wildman–Crippen MR) is 111 cm³/mol. The quantitative estimate of drug-likeness (QED) is 0.520. The van der Waals surface area contributed by atoms with Crippen LogP contribution in [0.1, 0.15) is 27.0 Å². The van der Waals surface area contributed by atoms with E-state index in [1.54, 1.807) is 24.3 Å². The maximum Gasteiger partial charge on any atom is 0.340 e. The van der Waals surface area contributed by atoms with Gasteiger partial charge in [-0.05, 0) is 18.2 Å². The van der Waals surface area contributed by atoms with E-state index < -0.39 is 11.6 Å². The first-order chi connectivity index (χ1) is 14.8. The Kier molecular flexibility index (Phi) is 4.19. The molecule has 0 unspecified atom stereocenters. The molecule has 2 N–H and O–H groups in total. The number of hydrogen-bond acceptors (Lipinski definition) is 7. The minimum atomic E-state index is -1.54. The van der Waals surface area contributed by atoms with Gasteiger partial charge in [-0.15, -0.1) is 0 Å². The van der Waals surface area contributed by atoms with Crippen LogP contribution in [-0.4, -0.2) is 30.4 Å². The Morgan fingerprint density at radius 3 is 1.90 bits per heavy atom. The smallest absolute Gasteiger partial charge is 0.340 e. The first-order valence-electron chi connectivity index (χ1n) is 9.05. The van der Waals surface area contributed by atoms with E-state index in [0.29, 0.717) is 22.3 Å². The molecule has 0 amide bonds. The molecule has 2 aliphatic heterocycles. The van der Waals surface area contributed by atoms with Gasteiger partial charge >= 0.3 is 5.97 Å². The summed E-state index contributed by atoms with van der Waals surface area (Å²) in [6.07, 6.45) is 0. The Labute approximate surface area is 186 Å². The topological polar surface area (TPSA) is 94.5 Å². The van der Waals surface area contributed by atoms with Crippen molar-refractivity contribution in [3.05, 3.63) is 68.7 Å². The number of methoxy groups -OCH3 is 2. The third-order valence-electron chi connectivity index (χ3n) is 5.50. The number of esters is 1. The van der Waals surface area contributed by atoms with Crippen molar-refractivity contribution in [3.8, 4) is 34.5 Å². The molecule has 0 radical (unpaired) electrons. The Hall–Kier alpha value is -3.29. The van der Waals surface area contributed by atoms with Crippen LogP contribution in [0.25, 0.3) is 0 Å². The maximum absolute atomic E-state index is 12.9. The van der Waals surface area contributed by atoms with Gasteiger partial charge in [0, 0.05) is 5.56 Å². The van der Waals surface area contributed by atoms with Gasteiger partial charge in [0.25, 0.3) is 0 Å². The molecule has 5 rings (SSSR count). The lowest BCUT2D eigenvalue weighted by atomic mass is 9.77. The van der Waals surface area contributed by atoms with Gasteiger partial charge in [0.15, 0.2) is 40.1 Å². The molecule has 0 bridgehead atoms. The molecule has 7 nitrogen and oxygen atoms in total. The van der Waals surface area contributed by atoms with Crippen LogP contribution in [0.4, 0.5) is 0 Å². The van der Waals surface area contributed by atoms with Crippen molar-refractivity contribution in [3.63, 3.8) is 0 Å². The Morgan fingerprint density at radius 2 is 1.39 bits per heavy atom. The highest BCUT2D eigenvalue weighted by Gasteiger charge is 2.55. The highest BCUT2D eigenvalue weighted by molar-refractivity contribution is 6.35. The summed E-state index contributed by atoms with van der Waals surface area (Å²) in [5.74, 6) is -1.12. The lowest BCUT2D eigenvalue weighted by Gasteiger charge is -2.37. The zero-order chi connectivity index (χ0) is 22.1. The second-order valence-electron chi connectivity index (χ2n) is 6.95. The van der Waals surface area contributed by atoms with Crippen LogP contribution in [-0.2, 0) is 10.3 Å². The first-order valence-corrected chi connectivity index (χ1v) is 9.81. The SMILES string of the molecule is COc1cc2c(c(Cl)c1O)Oc1c(cc(OC)c(O)c1Cl)C21OC(=O)c2ccccc21. The molecule has 0 saturated heterocycles. The van der Waals surface area contributed by atoms with Crippen LogP contribution in [0.15, 0.2) is 36.4 Å². The summed E-state index contributed by atoms with van der Waals surface area (Å²) >= 11 is 12.8. The Morgan fingerprint density at radius 1 is 0.871 bits per heavy atom. The molecule has 2 aliphatic rings. The molecule has 2 heterocycles. The van der Waals surface area contributed by atoms with E-state index in [1.807, 2.05) is 0 Å². The second kappa shape index (κ2) is 6.60. The minimum absolute atomic E-state index is 0.0171. The molecule has 31 heavy (non-hydrogen) atoms. The Bertz CT molecular complexity index is 1220. The predicted octanol–water partition coefficient (Wildman–Crippen LogP) is 4.99. The fourth-order valence-corrected chi connectivity index (χ4v) is 4.56. The standard InChI is InChI=1S/C22H14Cl2O7/c1-28-13-7-11-19(15(23)17(13)25)30-20-12(8-14(29-2)18(26)16(20)24)22(11)10-6-4-3-5-9(10)21(27)31-22/h3-8,25-26H,1-2H3. The zero-order valence-corrected chi connectivity index (χ0v) is 17.7. The van der Waals surface area contributed by atoms with Crippen LogP contribution in [0.3, 0.4) is 0 Å². The van der Waals surface area contributed by atoms with Gasteiger partial charge in [0.1, 0.15) is 10.0 Å².